The van der Waals surface area contributed by atoms with Crippen molar-refractivity contribution in [2.45, 2.75) is 0 Å². The molecule has 0 atom stereocenters. The Kier molecular flexibility index (Phi) is 2.24. The van der Waals surface area contributed by atoms with E-state index in [4.69, 9.17) is 0 Å². The van der Waals surface area contributed by atoms with E-state index in [0.29, 0.717) is 0 Å². The van der Waals surface area contributed by atoms with Gasteiger partial charge in [-0.2, -0.15) is 5.10 Å². The first kappa shape index (κ1) is 9.89. The molecule has 3 aromatic rings. The lowest BCUT2D eigenvalue weighted by Gasteiger charge is -1.99. The zero-order valence-electron chi connectivity index (χ0n) is 8.76. The largest absolute Gasteiger partial charge is 0.357 e. The van der Waals surface area contributed by atoms with Crippen LogP contribution < -0.4 is 0 Å². The fraction of sp³-hybridized carbons (Fsp3) is 0.0833. The van der Waals surface area contributed by atoms with Gasteiger partial charge in [-0.25, -0.2) is 4.52 Å². The van der Waals surface area contributed by atoms with Crippen LogP contribution in [0.4, 0.5) is 0 Å². The Labute approximate surface area is 107 Å². The van der Waals surface area contributed by atoms with Gasteiger partial charge in [-0.05, 0) is 34.7 Å². The van der Waals surface area contributed by atoms with Gasteiger partial charge in [0.15, 0.2) is 0 Å². The topological polar surface area (TPSA) is 22.2 Å². The van der Waals surface area contributed by atoms with Crippen molar-refractivity contribution in [3.8, 4) is 11.1 Å². The molecule has 0 unspecified atom stereocenters. The molecule has 3 rings (SSSR count). The fourth-order valence-corrected chi connectivity index (χ4v) is 2.35. The summed E-state index contributed by atoms with van der Waals surface area (Å²) in [7, 11) is 2.03. The van der Waals surface area contributed by atoms with Crippen molar-refractivity contribution in [1.82, 2.24) is 14.2 Å². The predicted molar refractivity (Wildman–Crippen MR) is 72.3 cm³/mol. The molecular weight excluding hydrogens is 313 g/mol. The van der Waals surface area contributed by atoms with Crippen molar-refractivity contribution in [1.29, 1.82) is 0 Å². The Morgan fingerprint density at radius 3 is 2.69 bits per heavy atom. The van der Waals surface area contributed by atoms with Gasteiger partial charge in [0.25, 0.3) is 0 Å². The van der Waals surface area contributed by atoms with Crippen molar-refractivity contribution in [2.24, 2.45) is 7.05 Å². The Morgan fingerprint density at radius 2 is 1.94 bits per heavy atom. The van der Waals surface area contributed by atoms with Gasteiger partial charge < -0.3 is 4.57 Å². The molecule has 0 aromatic carbocycles. The van der Waals surface area contributed by atoms with Gasteiger partial charge in [0, 0.05) is 36.8 Å². The van der Waals surface area contributed by atoms with Crippen LogP contribution in [-0.2, 0) is 7.05 Å². The van der Waals surface area contributed by atoms with E-state index < -0.39 is 0 Å². The number of aryl methyl sites for hydroxylation is 1. The Bertz CT molecular complexity index is 651. The van der Waals surface area contributed by atoms with Crippen LogP contribution in [0.5, 0.6) is 0 Å². The summed E-state index contributed by atoms with van der Waals surface area (Å²) in [6.45, 7) is 0. The van der Waals surface area contributed by atoms with Crippen LogP contribution in [0.3, 0.4) is 0 Å². The molecule has 0 N–H and O–H groups in total. The molecule has 0 aliphatic rings. The Hall–Kier alpha value is -1.30. The van der Waals surface area contributed by atoms with Gasteiger partial charge in [0.05, 0.1) is 15.3 Å². The van der Waals surface area contributed by atoms with E-state index in [1.54, 1.807) is 0 Å². The molecule has 3 heterocycles. The number of aromatic nitrogens is 3. The smallest absolute Gasteiger partial charge is 0.0795 e. The minimum Gasteiger partial charge on any atom is -0.357 e. The third-order valence-corrected chi connectivity index (χ3v) is 3.47. The molecule has 0 spiro atoms. The summed E-state index contributed by atoms with van der Waals surface area (Å²) in [6, 6.07) is 6.35. The van der Waals surface area contributed by atoms with Gasteiger partial charge in [0.1, 0.15) is 0 Å². The average Bonchev–Trinajstić information content (AvgIpc) is 2.86. The van der Waals surface area contributed by atoms with Gasteiger partial charge in [-0.15, -0.1) is 0 Å². The lowest BCUT2D eigenvalue weighted by atomic mass is 10.1. The Morgan fingerprint density at radius 1 is 1.12 bits per heavy atom. The van der Waals surface area contributed by atoms with Crippen LogP contribution in [0.15, 0.2) is 43.0 Å². The second-order valence-electron chi connectivity index (χ2n) is 3.81. The van der Waals surface area contributed by atoms with Crippen molar-refractivity contribution in [3.05, 3.63) is 46.6 Å². The highest BCUT2D eigenvalue weighted by molar-refractivity contribution is 14.1. The zero-order valence-corrected chi connectivity index (χ0v) is 10.9. The van der Waals surface area contributed by atoms with Crippen LogP contribution in [0, 0.1) is 3.57 Å². The Balaban J connectivity index is 2.18. The van der Waals surface area contributed by atoms with Crippen LogP contribution in [0.1, 0.15) is 0 Å². The molecule has 0 fully saturated rings. The molecule has 0 saturated carbocycles. The van der Waals surface area contributed by atoms with Crippen LogP contribution in [0.2, 0.25) is 0 Å². The maximum Gasteiger partial charge on any atom is 0.0795 e. The van der Waals surface area contributed by atoms with Gasteiger partial charge >= 0.3 is 0 Å². The molecule has 0 aliphatic carbocycles. The van der Waals surface area contributed by atoms with Gasteiger partial charge in [-0.1, -0.05) is 6.07 Å². The summed E-state index contributed by atoms with van der Waals surface area (Å²) in [6.07, 6.45) is 8.10. The average molecular weight is 323 g/mol. The number of pyridine rings is 1. The summed E-state index contributed by atoms with van der Waals surface area (Å²) < 4.78 is 5.15. The highest BCUT2D eigenvalue weighted by atomic mass is 127. The number of hydrogen-bond acceptors (Lipinski definition) is 1. The van der Waals surface area contributed by atoms with E-state index in [1.165, 1.54) is 14.7 Å². The molecule has 4 heteroatoms. The van der Waals surface area contributed by atoms with E-state index in [2.05, 4.69) is 58.3 Å². The fourth-order valence-electron chi connectivity index (χ4n) is 1.80. The molecule has 0 amide bonds. The zero-order chi connectivity index (χ0) is 11.1. The molecule has 16 heavy (non-hydrogen) atoms. The molecule has 0 radical (unpaired) electrons. The summed E-state index contributed by atoms with van der Waals surface area (Å²) in [4.78, 5) is 0. The summed E-state index contributed by atoms with van der Waals surface area (Å²) in [5, 5.41) is 4.31. The second kappa shape index (κ2) is 3.62. The molecule has 0 bridgehead atoms. The molecule has 80 valence electrons. The number of halogens is 1. The van der Waals surface area contributed by atoms with Crippen molar-refractivity contribution in [3.63, 3.8) is 0 Å². The van der Waals surface area contributed by atoms with E-state index in [-0.39, 0.29) is 0 Å². The predicted octanol–water partition coefficient (Wildman–Crippen LogP) is 2.94. The third-order valence-electron chi connectivity index (χ3n) is 2.63. The van der Waals surface area contributed by atoms with Crippen LogP contribution >= 0.6 is 22.6 Å². The van der Waals surface area contributed by atoms with E-state index in [1.807, 2.05) is 28.5 Å². The number of rotatable bonds is 1. The molecule has 0 saturated heterocycles. The number of fused-ring (bicyclic) bond motifs is 1. The van der Waals surface area contributed by atoms with Crippen LogP contribution in [0.25, 0.3) is 16.6 Å². The van der Waals surface area contributed by atoms with Crippen molar-refractivity contribution >= 4 is 28.1 Å². The summed E-state index contributed by atoms with van der Waals surface area (Å²) >= 11 is 2.30. The monoisotopic (exact) mass is 323 g/mol. The first-order valence-electron chi connectivity index (χ1n) is 4.99. The minimum atomic E-state index is 1.15. The van der Waals surface area contributed by atoms with E-state index in [9.17, 15) is 0 Å². The highest BCUT2D eigenvalue weighted by Gasteiger charge is 2.03. The lowest BCUT2D eigenvalue weighted by Crippen LogP contribution is -1.87. The van der Waals surface area contributed by atoms with E-state index in [0.717, 1.165) is 5.52 Å². The summed E-state index contributed by atoms with van der Waals surface area (Å²) in [5.74, 6) is 0. The molecule has 3 aromatic heterocycles. The SMILES string of the molecule is Cn1ccc(-c2ccc3c(I)cnn3c2)c1. The molecule has 3 nitrogen and oxygen atoms in total. The molecule has 0 aliphatic heterocycles. The number of nitrogens with zero attached hydrogens (tertiary/aromatic N) is 3. The molecular formula is C12H10IN3. The first-order chi connectivity index (χ1) is 7.74. The third kappa shape index (κ3) is 1.53. The van der Waals surface area contributed by atoms with Gasteiger partial charge in [-0.3, -0.25) is 0 Å². The number of hydrogen-bond donors (Lipinski definition) is 0. The van der Waals surface area contributed by atoms with Crippen LogP contribution in [-0.4, -0.2) is 14.2 Å². The highest BCUT2D eigenvalue weighted by Crippen LogP contribution is 2.21. The van der Waals surface area contributed by atoms with Crippen molar-refractivity contribution < 1.29 is 0 Å². The second-order valence-corrected chi connectivity index (χ2v) is 4.97. The minimum absolute atomic E-state index is 1.15. The first-order valence-corrected chi connectivity index (χ1v) is 6.07. The van der Waals surface area contributed by atoms with Gasteiger partial charge in [0.2, 0.25) is 0 Å². The quantitative estimate of drug-likeness (QED) is 0.631. The maximum absolute atomic E-state index is 4.31. The van der Waals surface area contributed by atoms with E-state index >= 15 is 0 Å². The summed E-state index contributed by atoms with van der Waals surface area (Å²) in [5.41, 5.74) is 3.56. The maximum atomic E-state index is 4.31. The standard InChI is InChI=1S/C12H10IN3/c1-15-5-4-10(7-15)9-2-3-12-11(13)6-14-16(12)8-9/h2-8H,1H3. The van der Waals surface area contributed by atoms with Crippen molar-refractivity contribution in [2.75, 3.05) is 0 Å². The lowest BCUT2D eigenvalue weighted by molar-refractivity contribution is 0.928. The normalized spacial score (nSPS) is 11.1.